The van der Waals surface area contributed by atoms with Crippen LogP contribution in [-0.4, -0.2) is 31.3 Å². The van der Waals surface area contributed by atoms with Crippen LogP contribution >= 0.6 is 0 Å². The van der Waals surface area contributed by atoms with E-state index in [1.165, 1.54) is 6.08 Å². The lowest BCUT2D eigenvalue weighted by Crippen LogP contribution is -2.22. The van der Waals surface area contributed by atoms with Crippen LogP contribution in [-0.2, 0) is 4.79 Å². The number of hydrogen-bond donors (Lipinski definition) is 2. The number of unbranched alkanes of at least 4 members (excludes halogenated alkanes) is 1. The zero-order valence-electron chi connectivity index (χ0n) is 11.5. The summed E-state index contributed by atoms with van der Waals surface area (Å²) in [6, 6.07) is 5.81. The standard InChI is InChI=1S/C15H21NO3/c1-12-5-7-14(19-2)13(11-12)6-8-15(18)16-9-3-4-10-17/h5-8,11,17H,3-4,9-10H2,1-2H3,(H,16,18)/b8-6+. The molecule has 0 unspecified atom stereocenters. The Morgan fingerprint density at radius 3 is 2.89 bits per heavy atom. The molecule has 1 aromatic carbocycles. The van der Waals surface area contributed by atoms with E-state index in [0.29, 0.717) is 13.0 Å². The van der Waals surface area contributed by atoms with Crippen LogP contribution in [0.15, 0.2) is 24.3 Å². The van der Waals surface area contributed by atoms with Crippen molar-refractivity contribution < 1.29 is 14.6 Å². The molecule has 0 saturated carbocycles. The van der Waals surface area contributed by atoms with Crippen LogP contribution in [0, 0.1) is 6.92 Å². The fourth-order valence-corrected chi connectivity index (χ4v) is 1.66. The first-order chi connectivity index (χ1) is 9.17. The molecular weight excluding hydrogens is 242 g/mol. The van der Waals surface area contributed by atoms with Gasteiger partial charge in [-0.25, -0.2) is 0 Å². The molecule has 19 heavy (non-hydrogen) atoms. The predicted molar refractivity (Wildman–Crippen MR) is 76.1 cm³/mol. The normalized spacial score (nSPS) is 10.7. The number of aliphatic hydroxyl groups excluding tert-OH is 1. The molecule has 2 N–H and O–H groups in total. The first-order valence-electron chi connectivity index (χ1n) is 6.38. The van der Waals surface area contributed by atoms with Crippen molar-refractivity contribution in [1.82, 2.24) is 5.32 Å². The Morgan fingerprint density at radius 1 is 1.42 bits per heavy atom. The third kappa shape index (κ3) is 5.57. The fraction of sp³-hybridized carbons (Fsp3) is 0.400. The molecule has 104 valence electrons. The second-order valence-corrected chi connectivity index (χ2v) is 4.30. The number of aryl methyl sites for hydroxylation is 1. The van der Waals surface area contributed by atoms with Crippen molar-refractivity contribution in [2.75, 3.05) is 20.3 Å². The second kappa shape index (κ2) is 8.32. The monoisotopic (exact) mass is 263 g/mol. The highest BCUT2D eigenvalue weighted by molar-refractivity contribution is 5.92. The first kappa shape index (κ1) is 15.2. The van der Waals surface area contributed by atoms with Gasteiger partial charge in [-0.2, -0.15) is 0 Å². The first-order valence-corrected chi connectivity index (χ1v) is 6.38. The number of hydrogen-bond acceptors (Lipinski definition) is 3. The van der Waals surface area contributed by atoms with Gasteiger partial charge in [-0.15, -0.1) is 0 Å². The fourth-order valence-electron chi connectivity index (χ4n) is 1.66. The molecule has 0 fully saturated rings. The van der Waals surface area contributed by atoms with Crippen molar-refractivity contribution in [1.29, 1.82) is 0 Å². The van der Waals surface area contributed by atoms with E-state index >= 15 is 0 Å². The third-order valence-corrected chi connectivity index (χ3v) is 2.68. The SMILES string of the molecule is COc1ccc(C)cc1/C=C/C(=O)NCCCCO. The summed E-state index contributed by atoms with van der Waals surface area (Å²) in [5, 5.41) is 11.4. The summed E-state index contributed by atoms with van der Waals surface area (Å²) >= 11 is 0. The Labute approximate surface area is 114 Å². The molecule has 1 aromatic rings. The summed E-state index contributed by atoms with van der Waals surface area (Å²) in [6.07, 6.45) is 4.73. The Bertz CT molecular complexity index is 441. The Balaban J connectivity index is 2.55. The van der Waals surface area contributed by atoms with Crippen LogP contribution < -0.4 is 10.1 Å². The van der Waals surface area contributed by atoms with E-state index in [0.717, 1.165) is 23.3 Å². The minimum absolute atomic E-state index is 0.138. The average molecular weight is 263 g/mol. The van der Waals surface area contributed by atoms with Crippen molar-refractivity contribution >= 4 is 12.0 Å². The third-order valence-electron chi connectivity index (χ3n) is 2.68. The number of nitrogens with one attached hydrogen (secondary N) is 1. The number of methoxy groups -OCH3 is 1. The maximum Gasteiger partial charge on any atom is 0.244 e. The van der Waals surface area contributed by atoms with Gasteiger partial charge in [0.25, 0.3) is 0 Å². The van der Waals surface area contributed by atoms with Crippen LogP contribution in [0.4, 0.5) is 0 Å². The number of rotatable bonds is 7. The minimum atomic E-state index is -0.138. The second-order valence-electron chi connectivity index (χ2n) is 4.30. The lowest BCUT2D eigenvalue weighted by atomic mass is 10.1. The van der Waals surface area contributed by atoms with Crippen molar-refractivity contribution in [3.8, 4) is 5.75 Å². The topological polar surface area (TPSA) is 58.6 Å². The van der Waals surface area contributed by atoms with Gasteiger partial charge >= 0.3 is 0 Å². The van der Waals surface area contributed by atoms with Crippen molar-refractivity contribution in [3.63, 3.8) is 0 Å². The molecule has 0 aliphatic heterocycles. The van der Waals surface area contributed by atoms with Gasteiger partial charge < -0.3 is 15.2 Å². The summed E-state index contributed by atoms with van der Waals surface area (Å²) in [5.41, 5.74) is 2.00. The smallest absolute Gasteiger partial charge is 0.244 e. The molecule has 0 heterocycles. The zero-order chi connectivity index (χ0) is 14.1. The predicted octanol–water partition coefficient (Wildman–Crippen LogP) is 1.91. The largest absolute Gasteiger partial charge is 0.496 e. The Hall–Kier alpha value is -1.81. The highest BCUT2D eigenvalue weighted by atomic mass is 16.5. The number of carbonyl (C=O) groups excluding carboxylic acids is 1. The van der Waals surface area contributed by atoms with Gasteiger partial charge in [-0.05, 0) is 38.0 Å². The van der Waals surface area contributed by atoms with Gasteiger partial charge in [0, 0.05) is 24.8 Å². The number of benzene rings is 1. The molecule has 0 radical (unpaired) electrons. The molecule has 0 spiro atoms. The van der Waals surface area contributed by atoms with Crippen molar-refractivity contribution in [3.05, 3.63) is 35.4 Å². The number of aliphatic hydroxyl groups is 1. The van der Waals surface area contributed by atoms with E-state index in [4.69, 9.17) is 9.84 Å². The molecule has 0 aromatic heterocycles. The van der Waals surface area contributed by atoms with E-state index in [2.05, 4.69) is 5.32 Å². The van der Waals surface area contributed by atoms with Crippen LogP contribution in [0.1, 0.15) is 24.0 Å². The molecule has 0 aliphatic carbocycles. The number of ether oxygens (including phenoxy) is 1. The van der Waals surface area contributed by atoms with Crippen LogP contribution in [0.3, 0.4) is 0 Å². The highest BCUT2D eigenvalue weighted by Gasteiger charge is 2.00. The van der Waals surface area contributed by atoms with Gasteiger partial charge in [-0.3, -0.25) is 4.79 Å². The molecule has 1 rings (SSSR count). The van der Waals surface area contributed by atoms with E-state index in [1.54, 1.807) is 13.2 Å². The van der Waals surface area contributed by atoms with E-state index in [9.17, 15) is 4.79 Å². The Kier molecular flexibility index (Phi) is 6.68. The molecule has 0 saturated heterocycles. The summed E-state index contributed by atoms with van der Waals surface area (Å²) in [6.45, 7) is 2.73. The maximum atomic E-state index is 11.6. The van der Waals surface area contributed by atoms with Crippen molar-refractivity contribution in [2.24, 2.45) is 0 Å². The summed E-state index contributed by atoms with van der Waals surface area (Å²) in [7, 11) is 1.61. The van der Waals surface area contributed by atoms with Crippen LogP contribution in [0.2, 0.25) is 0 Å². The van der Waals surface area contributed by atoms with Crippen molar-refractivity contribution in [2.45, 2.75) is 19.8 Å². The number of carbonyl (C=O) groups is 1. The minimum Gasteiger partial charge on any atom is -0.496 e. The zero-order valence-corrected chi connectivity index (χ0v) is 11.5. The van der Waals surface area contributed by atoms with Gasteiger partial charge in [0.2, 0.25) is 5.91 Å². The molecule has 4 nitrogen and oxygen atoms in total. The lowest BCUT2D eigenvalue weighted by Gasteiger charge is -2.05. The van der Waals surface area contributed by atoms with Crippen LogP contribution in [0.25, 0.3) is 6.08 Å². The summed E-state index contributed by atoms with van der Waals surface area (Å²) in [4.78, 5) is 11.6. The van der Waals surface area contributed by atoms with E-state index in [-0.39, 0.29) is 12.5 Å². The average Bonchev–Trinajstić information content (AvgIpc) is 2.41. The van der Waals surface area contributed by atoms with E-state index < -0.39 is 0 Å². The highest BCUT2D eigenvalue weighted by Crippen LogP contribution is 2.20. The molecule has 0 atom stereocenters. The Morgan fingerprint density at radius 2 is 2.21 bits per heavy atom. The van der Waals surface area contributed by atoms with Gasteiger partial charge in [0.1, 0.15) is 5.75 Å². The quantitative estimate of drug-likeness (QED) is 0.583. The number of amides is 1. The van der Waals surface area contributed by atoms with Gasteiger partial charge in [0.05, 0.1) is 7.11 Å². The molecule has 0 bridgehead atoms. The van der Waals surface area contributed by atoms with Gasteiger partial charge in [-0.1, -0.05) is 11.6 Å². The molecular formula is C15H21NO3. The molecule has 0 aliphatic rings. The molecule has 1 amide bonds. The lowest BCUT2D eigenvalue weighted by molar-refractivity contribution is -0.116. The summed E-state index contributed by atoms with van der Waals surface area (Å²) in [5.74, 6) is 0.608. The molecule has 4 heteroatoms. The van der Waals surface area contributed by atoms with E-state index in [1.807, 2.05) is 25.1 Å². The van der Waals surface area contributed by atoms with Gasteiger partial charge in [0.15, 0.2) is 0 Å². The summed E-state index contributed by atoms with van der Waals surface area (Å²) < 4.78 is 5.23. The van der Waals surface area contributed by atoms with Crippen LogP contribution in [0.5, 0.6) is 5.75 Å². The maximum absolute atomic E-state index is 11.6.